The van der Waals surface area contributed by atoms with Gasteiger partial charge in [-0.15, -0.1) is 0 Å². The number of hydrogen-bond acceptors (Lipinski definition) is 3. The Labute approximate surface area is 146 Å². The van der Waals surface area contributed by atoms with Crippen molar-refractivity contribution in [2.24, 2.45) is 0 Å². The Morgan fingerprint density at radius 3 is 2.36 bits per heavy atom. The second kappa shape index (κ2) is 5.88. The van der Waals surface area contributed by atoms with Crippen LogP contribution in [0.4, 0.5) is 0 Å². The predicted molar refractivity (Wildman–Crippen MR) is 94.7 cm³/mol. The van der Waals surface area contributed by atoms with Gasteiger partial charge in [0.05, 0.1) is 0 Å². The number of nitrogens with one attached hydrogen (secondary N) is 1. The van der Waals surface area contributed by atoms with Gasteiger partial charge in [0.25, 0.3) is 5.91 Å². The van der Waals surface area contributed by atoms with Crippen molar-refractivity contribution in [2.75, 3.05) is 13.1 Å². The summed E-state index contributed by atoms with van der Waals surface area (Å²) in [6.45, 7) is 6.87. The summed E-state index contributed by atoms with van der Waals surface area (Å²) in [4.78, 5) is 28.6. The summed E-state index contributed by atoms with van der Waals surface area (Å²) in [5.41, 5.74) is 0.887. The van der Waals surface area contributed by atoms with Crippen LogP contribution >= 0.6 is 0 Å². The third kappa shape index (κ3) is 3.26. The summed E-state index contributed by atoms with van der Waals surface area (Å²) in [6.07, 6.45) is 0.0882. The van der Waals surface area contributed by atoms with E-state index in [0.717, 1.165) is 10.9 Å². The molecule has 1 saturated heterocycles. The average molecular weight is 344 g/mol. The SMILES string of the molecule is CC(C)(C)c1ccc2cc(C(=O)N3CCC(O)(C(=O)O)CC3)[nH]c2c1. The Hall–Kier alpha value is -2.34. The number of amides is 1. The highest BCUT2D eigenvalue weighted by molar-refractivity contribution is 5.98. The van der Waals surface area contributed by atoms with Gasteiger partial charge in [-0.2, -0.15) is 0 Å². The summed E-state index contributed by atoms with van der Waals surface area (Å²) in [7, 11) is 0. The molecule has 1 aliphatic rings. The highest BCUT2D eigenvalue weighted by atomic mass is 16.4. The summed E-state index contributed by atoms with van der Waals surface area (Å²) >= 11 is 0. The van der Waals surface area contributed by atoms with Gasteiger partial charge in [-0.05, 0) is 23.1 Å². The van der Waals surface area contributed by atoms with E-state index < -0.39 is 11.6 Å². The van der Waals surface area contributed by atoms with E-state index in [1.165, 1.54) is 5.56 Å². The molecule has 1 fully saturated rings. The van der Waals surface area contributed by atoms with E-state index in [1.807, 2.05) is 12.1 Å². The number of aromatic nitrogens is 1. The van der Waals surface area contributed by atoms with Crippen LogP contribution in [0.1, 0.15) is 49.7 Å². The number of benzene rings is 1. The molecule has 6 heteroatoms. The molecular formula is C19H24N2O4. The Morgan fingerprint density at radius 2 is 1.80 bits per heavy atom. The Kier molecular flexibility index (Phi) is 4.11. The maximum atomic E-state index is 12.7. The first-order valence-electron chi connectivity index (χ1n) is 8.48. The van der Waals surface area contributed by atoms with Crippen LogP contribution in [0.5, 0.6) is 0 Å². The van der Waals surface area contributed by atoms with Crippen LogP contribution in [0, 0.1) is 0 Å². The normalized spacial score (nSPS) is 17.7. The number of carboxylic acid groups (broad SMARTS) is 1. The summed E-state index contributed by atoms with van der Waals surface area (Å²) in [6, 6.07) is 7.95. The van der Waals surface area contributed by atoms with Crippen molar-refractivity contribution < 1.29 is 19.8 Å². The molecule has 2 aromatic rings. The Morgan fingerprint density at radius 1 is 1.16 bits per heavy atom. The quantitative estimate of drug-likeness (QED) is 0.780. The van der Waals surface area contributed by atoms with Crippen LogP contribution in [0.3, 0.4) is 0 Å². The second-order valence-electron chi connectivity index (χ2n) is 7.86. The zero-order valence-corrected chi connectivity index (χ0v) is 14.8. The van der Waals surface area contributed by atoms with E-state index in [1.54, 1.807) is 4.90 Å². The molecule has 0 bridgehead atoms. The van der Waals surface area contributed by atoms with Gasteiger partial charge < -0.3 is 20.1 Å². The average Bonchev–Trinajstić information content (AvgIpc) is 2.97. The molecule has 1 aromatic carbocycles. The molecule has 0 atom stereocenters. The minimum atomic E-state index is -1.72. The van der Waals surface area contributed by atoms with Gasteiger partial charge in [-0.25, -0.2) is 4.79 Å². The molecular weight excluding hydrogens is 320 g/mol. The minimum absolute atomic E-state index is 0.0254. The highest BCUT2D eigenvalue weighted by Gasteiger charge is 2.40. The molecule has 0 unspecified atom stereocenters. The number of rotatable bonds is 2. The van der Waals surface area contributed by atoms with E-state index >= 15 is 0 Å². The number of carbonyl (C=O) groups is 2. The maximum Gasteiger partial charge on any atom is 0.335 e. The van der Waals surface area contributed by atoms with Gasteiger partial charge in [-0.1, -0.05) is 32.9 Å². The van der Waals surface area contributed by atoms with E-state index in [9.17, 15) is 14.7 Å². The number of carboxylic acids is 1. The number of piperidine rings is 1. The smallest absolute Gasteiger partial charge is 0.335 e. The van der Waals surface area contributed by atoms with Crippen LogP contribution in [-0.2, 0) is 10.2 Å². The van der Waals surface area contributed by atoms with Gasteiger partial charge in [0, 0.05) is 36.8 Å². The molecule has 0 spiro atoms. The van der Waals surface area contributed by atoms with E-state index in [4.69, 9.17) is 5.11 Å². The van der Waals surface area contributed by atoms with E-state index in [2.05, 4.69) is 37.9 Å². The fourth-order valence-corrected chi connectivity index (χ4v) is 3.17. The lowest BCUT2D eigenvalue weighted by Gasteiger charge is -2.35. The molecule has 25 heavy (non-hydrogen) atoms. The molecule has 6 nitrogen and oxygen atoms in total. The molecule has 0 radical (unpaired) electrons. The van der Waals surface area contributed by atoms with Crippen molar-refractivity contribution in [2.45, 2.75) is 44.6 Å². The zero-order chi connectivity index (χ0) is 18.4. The molecule has 3 rings (SSSR count). The molecule has 1 aromatic heterocycles. The van der Waals surface area contributed by atoms with Gasteiger partial charge in [0.15, 0.2) is 5.60 Å². The standard InChI is InChI=1S/C19H24N2O4/c1-18(2,3)13-5-4-12-10-15(20-14(12)11-13)16(22)21-8-6-19(25,7-9-21)17(23)24/h4-5,10-11,20,25H,6-9H2,1-3H3,(H,23,24). The number of aliphatic carboxylic acids is 1. The summed E-state index contributed by atoms with van der Waals surface area (Å²) in [5.74, 6) is -1.39. The van der Waals surface area contributed by atoms with Crippen molar-refractivity contribution in [3.63, 3.8) is 0 Å². The van der Waals surface area contributed by atoms with Crippen LogP contribution in [-0.4, -0.2) is 50.7 Å². The maximum absolute atomic E-state index is 12.7. The second-order valence-corrected chi connectivity index (χ2v) is 7.86. The lowest BCUT2D eigenvalue weighted by Crippen LogP contribution is -2.50. The highest BCUT2D eigenvalue weighted by Crippen LogP contribution is 2.28. The largest absolute Gasteiger partial charge is 0.479 e. The first-order valence-corrected chi connectivity index (χ1v) is 8.48. The van der Waals surface area contributed by atoms with Gasteiger partial charge in [-0.3, -0.25) is 4.79 Å². The number of carbonyl (C=O) groups excluding carboxylic acids is 1. The van der Waals surface area contributed by atoms with Gasteiger partial charge in [0.2, 0.25) is 0 Å². The Bertz CT molecular complexity index is 824. The number of aliphatic hydroxyl groups is 1. The third-order valence-electron chi connectivity index (χ3n) is 4.99. The van der Waals surface area contributed by atoms with Gasteiger partial charge in [0.1, 0.15) is 5.69 Å². The van der Waals surface area contributed by atoms with Crippen LogP contribution in [0.2, 0.25) is 0 Å². The van der Waals surface area contributed by atoms with Crippen molar-refractivity contribution >= 4 is 22.8 Å². The van der Waals surface area contributed by atoms with Crippen molar-refractivity contribution in [3.8, 4) is 0 Å². The molecule has 1 amide bonds. The molecule has 134 valence electrons. The van der Waals surface area contributed by atoms with Crippen molar-refractivity contribution in [1.29, 1.82) is 0 Å². The summed E-state index contributed by atoms with van der Waals surface area (Å²) in [5, 5.41) is 20.0. The van der Waals surface area contributed by atoms with E-state index in [0.29, 0.717) is 5.69 Å². The van der Waals surface area contributed by atoms with Crippen LogP contribution in [0.25, 0.3) is 10.9 Å². The fraction of sp³-hybridized carbons (Fsp3) is 0.474. The number of likely N-dealkylation sites (tertiary alicyclic amines) is 1. The topological polar surface area (TPSA) is 93.6 Å². The lowest BCUT2D eigenvalue weighted by molar-refractivity contribution is -0.162. The molecule has 2 heterocycles. The lowest BCUT2D eigenvalue weighted by atomic mass is 9.87. The number of fused-ring (bicyclic) bond motifs is 1. The summed E-state index contributed by atoms with van der Waals surface area (Å²) < 4.78 is 0. The van der Waals surface area contributed by atoms with Gasteiger partial charge >= 0.3 is 5.97 Å². The molecule has 0 aliphatic carbocycles. The number of hydrogen-bond donors (Lipinski definition) is 3. The molecule has 3 N–H and O–H groups in total. The third-order valence-corrected chi connectivity index (χ3v) is 4.99. The first kappa shape index (κ1) is 17.5. The number of nitrogens with zero attached hydrogens (tertiary/aromatic N) is 1. The van der Waals surface area contributed by atoms with E-state index in [-0.39, 0.29) is 37.3 Å². The molecule has 1 aliphatic heterocycles. The minimum Gasteiger partial charge on any atom is -0.479 e. The Balaban J connectivity index is 1.80. The predicted octanol–water partition coefficient (Wildman–Crippen LogP) is 2.52. The molecule has 0 saturated carbocycles. The monoisotopic (exact) mass is 344 g/mol. The van der Waals surface area contributed by atoms with Crippen LogP contribution in [0.15, 0.2) is 24.3 Å². The fourth-order valence-electron chi connectivity index (χ4n) is 3.17. The van der Waals surface area contributed by atoms with Crippen LogP contribution < -0.4 is 0 Å². The van der Waals surface area contributed by atoms with Crippen molar-refractivity contribution in [3.05, 3.63) is 35.5 Å². The number of aromatic amines is 1. The number of H-pyrrole nitrogens is 1. The zero-order valence-electron chi connectivity index (χ0n) is 14.8. The first-order chi connectivity index (χ1) is 11.6. The van der Waals surface area contributed by atoms with Crippen molar-refractivity contribution in [1.82, 2.24) is 9.88 Å².